The molecule has 50 valence electrons. The fourth-order valence-corrected chi connectivity index (χ4v) is 1.34. The fourth-order valence-electron chi connectivity index (χ4n) is 1.03. The van der Waals surface area contributed by atoms with Crippen molar-refractivity contribution in [3.8, 4) is 0 Å². The van der Waals surface area contributed by atoms with Crippen LogP contribution in [0.15, 0.2) is 22.8 Å². The molecule has 0 heterocycles. The van der Waals surface area contributed by atoms with Crippen molar-refractivity contribution >= 4 is 11.6 Å². The smallest absolute Gasteiger partial charge is 0.0394 e. The highest BCUT2D eigenvalue weighted by molar-refractivity contribution is 6.31. The molecule has 0 aromatic heterocycles. The number of allylic oxidation sites excluding steroid dienone is 4. The highest BCUT2D eigenvalue weighted by Gasteiger charge is 2.02. The first-order chi connectivity index (χ1) is 4.34. The van der Waals surface area contributed by atoms with Gasteiger partial charge in [0.25, 0.3) is 0 Å². The molecule has 0 saturated carbocycles. The van der Waals surface area contributed by atoms with Crippen molar-refractivity contribution in [3.63, 3.8) is 0 Å². The highest BCUT2D eigenvalue weighted by Crippen LogP contribution is 2.23. The van der Waals surface area contributed by atoms with E-state index in [4.69, 9.17) is 11.6 Å². The summed E-state index contributed by atoms with van der Waals surface area (Å²) in [4.78, 5) is 0. The second-order valence-electron chi connectivity index (χ2n) is 2.25. The maximum absolute atomic E-state index is 5.88. The summed E-state index contributed by atoms with van der Waals surface area (Å²) in [6, 6.07) is 0. The number of hydrogen-bond donors (Lipinski definition) is 0. The monoisotopic (exact) mass is 142 g/mol. The van der Waals surface area contributed by atoms with Crippen LogP contribution in [-0.2, 0) is 0 Å². The van der Waals surface area contributed by atoms with E-state index in [1.165, 1.54) is 12.0 Å². The van der Waals surface area contributed by atoms with E-state index in [-0.39, 0.29) is 0 Å². The molecule has 0 fully saturated rings. The molecular formula is C8H11Cl. The van der Waals surface area contributed by atoms with Crippen molar-refractivity contribution in [3.05, 3.63) is 22.8 Å². The van der Waals surface area contributed by atoms with Gasteiger partial charge in [0.05, 0.1) is 0 Å². The van der Waals surface area contributed by atoms with Crippen LogP contribution in [0, 0.1) is 0 Å². The quantitative estimate of drug-likeness (QED) is 0.527. The van der Waals surface area contributed by atoms with Crippen LogP contribution >= 0.6 is 11.6 Å². The minimum Gasteiger partial charge on any atom is -0.0844 e. The van der Waals surface area contributed by atoms with E-state index < -0.39 is 0 Å². The van der Waals surface area contributed by atoms with Crippen molar-refractivity contribution in [2.45, 2.75) is 26.2 Å². The third kappa shape index (κ3) is 1.59. The molecule has 1 rings (SSSR count). The molecule has 1 aliphatic rings. The van der Waals surface area contributed by atoms with Crippen molar-refractivity contribution in [1.29, 1.82) is 0 Å². The number of rotatable bonds is 1. The van der Waals surface area contributed by atoms with E-state index in [2.05, 4.69) is 13.0 Å². The van der Waals surface area contributed by atoms with Crippen LogP contribution in [0.2, 0.25) is 0 Å². The maximum Gasteiger partial charge on any atom is 0.0394 e. The Morgan fingerprint density at radius 1 is 1.67 bits per heavy atom. The van der Waals surface area contributed by atoms with Crippen molar-refractivity contribution in [1.82, 2.24) is 0 Å². The maximum atomic E-state index is 5.88. The topological polar surface area (TPSA) is 0 Å². The lowest BCUT2D eigenvalue weighted by molar-refractivity contribution is 0.890. The van der Waals surface area contributed by atoms with E-state index in [9.17, 15) is 0 Å². The Kier molecular flexibility index (Phi) is 2.35. The van der Waals surface area contributed by atoms with Gasteiger partial charge in [0.1, 0.15) is 0 Å². The molecule has 0 saturated heterocycles. The Bertz CT molecular complexity index is 154. The van der Waals surface area contributed by atoms with Gasteiger partial charge in [-0.05, 0) is 25.3 Å². The van der Waals surface area contributed by atoms with Crippen LogP contribution in [0.4, 0.5) is 0 Å². The SMILES string of the molecule is CCC1=C(Cl)C=CCC1. The van der Waals surface area contributed by atoms with Gasteiger partial charge in [-0.15, -0.1) is 0 Å². The largest absolute Gasteiger partial charge is 0.0844 e. The molecule has 1 heteroatoms. The van der Waals surface area contributed by atoms with Gasteiger partial charge in [-0.25, -0.2) is 0 Å². The van der Waals surface area contributed by atoms with E-state index in [1.54, 1.807) is 0 Å². The lowest BCUT2D eigenvalue weighted by Gasteiger charge is -2.07. The lowest BCUT2D eigenvalue weighted by Crippen LogP contribution is -1.87. The van der Waals surface area contributed by atoms with Gasteiger partial charge >= 0.3 is 0 Å². The van der Waals surface area contributed by atoms with Crippen LogP contribution in [0.25, 0.3) is 0 Å². The van der Waals surface area contributed by atoms with Crippen molar-refractivity contribution in [2.24, 2.45) is 0 Å². The second-order valence-corrected chi connectivity index (χ2v) is 2.65. The average molecular weight is 143 g/mol. The third-order valence-electron chi connectivity index (χ3n) is 1.64. The normalized spacial score (nSPS) is 18.9. The van der Waals surface area contributed by atoms with Gasteiger partial charge in [-0.2, -0.15) is 0 Å². The van der Waals surface area contributed by atoms with Gasteiger partial charge < -0.3 is 0 Å². The first-order valence-corrected chi connectivity index (χ1v) is 3.76. The molecule has 0 amide bonds. The molecule has 0 aromatic rings. The Morgan fingerprint density at radius 3 is 2.89 bits per heavy atom. The minimum absolute atomic E-state index is 0.962. The Balaban J connectivity index is 2.72. The van der Waals surface area contributed by atoms with Gasteiger partial charge in [-0.1, -0.05) is 30.2 Å². The standard InChI is InChI=1S/C8H11Cl/c1-2-7-5-3-4-6-8(7)9/h4,6H,2-3,5H2,1H3. The van der Waals surface area contributed by atoms with Crippen LogP contribution in [0.1, 0.15) is 26.2 Å². The summed E-state index contributed by atoms with van der Waals surface area (Å²) in [5.74, 6) is 0. The summed E-state index contributed by atoms with van der Waals surface area (Å²) in [6.07, 6.45) is 7.56. The summed E-state index contributed by atoms with van der Waals surface area (Å²) in [7, 11) is 0. The molecule has 0 nitrogen and oxygen atoms in total. The molecule has 0 aliphatic heterocycles. The first kappa shape index (κ1) is 6.88. The van der Waals surface area contributed by atoms with Gasteiger partial charge in [-0.3, -0.25) is 0 Å². The summed E-state index contributed by atoms with van der Waals surface area (Å²) < 4.78 is 0. The van der Waals surface area contributed by atoms with Gasteiger partial charge in [0, 0.05) is 5.03 Å². The second kappa shape index (κ2) is 3.07. The van der Waals surface area contributed by atoms with Crippen LogP contribution in [0.3, 0.4) is 0 Å². The fraction of sp³-hybridized carbons (Fsp3) is 0.500. The minimum atomic E-state index is 0.962. The number of hydrogen-bond acceptors (Lipinski definition) is 0. The molecule has 0 bridgehead atoms. The zero-order valence-electron chi connectivity index (χ0n) is 5.65. The van der Waals surface area contributed by atoms with Gasteiger partial charge in [0.2, 0.25) is 0 Å². The molecular weight excluding hydrogens is 132 g/mol. The summed E-state index contributed by atoms with van der Waals surface area (Å²) in [6.45, 7) is 2.15. The van der Waals surface area contributed by atoms with E-state index in [0.29, 0.717) is 0 Å². The molecule has 0 unspecified atom stereocenters. The summed E-state index contributed by atoms with van der Waals surface area (Å²) in [5.41, 5.74) is 1.40. The first-order valence-electron chi connectivity index (χ1n) is 3.38. The van der Waals surface area contributed by atoms with Crippen LogP contribution < -0.4 is 0 Å². The predicted molar refractivity (Wildman–Crippen MR) is 41.5 cm³/mol. The zero-order valence-corrected chi connectivity index (χ0v) is 6.41. The van der Waals surface area contributed by atoms with Crippen LogP contribution in [-0.4, -0.2) is 0 Å². The molecule has 9 heavy (non-hydrogen) atoms. The van der Waals surface area contributed by atoms with Crippen molar-refractivity contribution in [2.75, 3.05) is 0 Å². The Morgan fingerprint density at radius 2 is 2.44 bits per heavy atom. The van der Waals surface area contributed by atoms with Crippen molar-refractivity contribution < 1.29 is 0 Å². The number of halogens is 1. The van der Waals surface area contributed by atoms with E-state index >= 15 is 0 Å². The van der Waals surface area contributed by atoms with Crippen LogP contribution in [0.5, 0.6) is 0 Å². The van der Waals surface area contributed by atoms with E-state index in [0.717, 1.165) is 17.9 Å². The molecule has 0 atom stereocenters. The molecule has 0 radical (unpaired) electrons. The molecule has 1 aliphatic carbocycles. The lowest BCUT2D eigenvalue weighted by atomic mass is 10.0. The predicted octanol–water partition coefficient (Wildman–Crippen LogP) is 3.24. The van der Waals surface area contributed by atoms with E-state index in [1.807, 2.05) is 6.08 Å². The zero-order chi connectivity index (χ0) is 6.69. The molecule has 0 aromatic carbocycles. The molecule has 0 N–H and O–H groups in total. The molecule has 0 spiro atoms. The average Bonchev–Trinajstić information content (AvgIpc) is 1.89. The summed E-state index contributed by atoms with van der Waals surface area (Å²) >= 11 is 5.88. The summed E-state index contributed by atoms with van der Waals surface area (Å²) in [5, 5.41) is 0.962. The Hall–Kier alpha value is -0.230. The highest BCUT2D eigenvalue weighted by atomic mass is 35.5. The third-order valence-corrected chi connectivity index (χ3v) is 2.03. The Labute approximate surface area is 61.2 Å². The van der Waals surface area contributed by atoms with Gasteiger partial charge in [0.15, 0.2) is 0 Å².